The summed E-state index contributed by atoms with van der Waals surface area (Å²) >= 11 is 1.93. The lowest BCUT2D eigenvalue weighted by molar-refractivity contribution is 1.18. The molecule has 0 amide bonds. The highest BCUT2D eigenvalue weighted by Gasteiger charge is 2.25. The summed E-state index contributed by atoms with van der Waals surface area (Å²) in [7, 11) is 0. The number of aromatic nitrogens is 2. The second kappa shape index (κ2) is 7.83. The van der Waals surface area contributed by atoms with Gasteiger partial charge < -0.3 is 9.13 Å². The summed E-state index contributed by atoms with van der Waals surface area (Å²) in [5.74, 6) is 0. The molecule has 182 valence electrons. The van der Waals surface area contributed by atoms with E-state index in [0.29, 0.717) is 0 Å². The van der Waals surface area contributed by atoms with Crippen LogP contribution >= 0.6 is 11.3 Å². The van der Waals surface area contributed by atoms with Gasteiger partial charge in [-0.15, -0.1) is 11.3 Å². The van der Waals surface area contributed by atoms with Crippen LogP contribution in [-0.4, -0.2) is 9.13 Å². The quantitative estimate of drug-likeness (QED) is 0.217. The van der Waals surface area contributed by atoms with Gasteiger partial charge in [-0.05, 0) is 47.2 Å². The zero-order valence-electron chi connectivity index (χ0n) is 21.0. The van der Waals surface area contributed by atoms with Gasteiger partial charge in [0, 0.05) is 32.9 Å². The molecule has 0 radical (unpaired) electrons. The van der Waals surface area contributed by atoms with Crippen LogP contribution in [-0.2, 0) is 0 Å². The summed E-state index contributed by atoms with van der Waals surface area (Å²) in [5.41, 5.74) is 7.46. The summed E-state index contributed by atoms with van der Waals surface area (Å²) in [6.45, 7) is 0. The zero-order chi connectivity index (χ0) is 25.5. The largest absolute Gasteiger partial charge is 0.308 e. The summed E-state index contributed by atoms with van der Waals surface area (Å²) in [6, 6.07) is 48.3. The lowest BCUT2D eigenvalue weighted by Crippen LogP contribution is -1.95. The molecular formula is C36H22N2S. The highest BCUT2D eigenvalue weighted by atomic mass is 32.1. The zero-order valence-corrected chi connectivity index (χ0v) is 21.8. The molecule has 0 saturated heterocycles. The SMILES string of the molecule is c1ccc(-n2c3ccccc3c3c4ccccc4c4c(sc5c6ccccc6n(-c6ccccc6)c54)c32)cc1. The Morgan fingerprint density at radius 2 is 0.795 bits per heavy atom. The Hall–Kier alpha value is -4.86. The van der Waals surface area contributed by atoms with Gasteiger partial charge in [0.2, 0.25) is 0 Å². The molecule has 0 spiro atoms. The molecule has 39 heavy (non-hydrogen) atoms. The molecule has 9 rings (SSSR count). The molecule has 2 nitrogen and oxygen atoms in total. The number of nitrogens with zero attached hydrogens (tertiary/aromatic N) is 2. The number of hydrogen-bond acceptors (Lipinski definition) is 1. The van der Waals surface area contributed by atoms with E-state index in [1.807, 2.05) is 11.3 Å². The van der Waals surface area contributed by atoms with E-state index in [1.54, 1.807) is 0 Å². The first kappa shape index (κ1) is 21.1. The number of fused-ring (bicyclic) bond motifs is 12. The number of thiophene rings is 1. The van der Waals surface area contributed by atoms with E-state index in [9.17, 15) is 0 Å². The van der Waals surface area contributed by atoms with Crippen molar-refractivity contribution in [1.82, 2.24) is 9.13 Å². The van der Waals surface area contributed by atoms with Crippen LogP contribution in [0.25, 0.3) is 75.2 Å². The molecule has 0 aliphatic carbocycles. The molecule has 0 fully saturated rings. The van der Waals surface area contributed by atoms with Crippen molar-refractivity contribution in [3.8, 4) is 11.4 Å². The summed E-state index contributed by atoms with van der Waals surface area (Å²) in [6.07, 6.45) is 0. The average Bonchev–Trinajstić information content (AvgIpc) is 3.65. The van der Waals surface area contributed by atoms with Crippen LogP contribution in [0.2, 0.25) is 0 Å². The van der Waals surface area contributed by atoms with Crippen molar-refractivity contribution in [1.29, 1.82) is 0 Å². The van der Waals surface area contributed by atoms with E-state index in [2.05, 4.69) is 143 Å². The topological polar surface area (TPSA) is 9.86 Å². The minimum Gasteiger partial charge on any atom is -0.308 e. The lowest BCUT2D eigenvalue weighted by atomic mass is 10.00. The average molecular weight is 515 g/mol. The fraction of sp³-hybridized carbons (Fsp3) is 0. The molecule has 0 aliphatic heterocycles. The van der Waals surface area contributed by atoms with Gasteiger partial charge in [0.25, 0.3) is 0 Å². The van der Waals surface area contributed by atoms with E-state index in [1.165, 1.54) is 75.2 Å². The van der Waals surface area contributed by atoms with Gasteiger partial charge in [0.05, 0.1) is 31.5 Å². The van der Waals surface area contributed by atoms with Crippen LogP contribution in [0, 0.1) is 0 Å². The van der Waals surface area contributed by atoms with Crippen LogP contribution in [0.4, 0.5) is 0 Å². The summed E-state index contributed by atoms with van der Waals surface area (Å²) < 4.78 is 7.62. The predicted molar refractivity (Wildman–Crippen MR) is 168 cm³/mol. The van der Waals surface area contributed by atoms with E-state index >= 15 is 0 Å². The maximum absolute atomic E-state index is 2.48. The summed E-state index contributed by atoms with van der Waals surface area (Å²) in [4.78, 5) is 0. The molecule has 3 heteroatoms. The van der Waals surface area contributed by atoms with Crippen LogP contribution in [0.1, 0.15) is 0 Å². The molecule has 0 aliphatic rings. The lowest BCUT2D eigenvalue weighted by Gasteiger charge is -2.12. The molecule has 0 bridgehead atoms. The Kier molecular flexibility index (Phi) is 4.24. The number of hydrogen-bond donors (Lipinski definition) is 0. The maximum Gasteiger partial charge on any atom is 0.0734 e. The summed E-state index contributed by atoms with van der Waals surface area (Å²) in [5, 5.41) is 7.87. The third kappa shape index (κ3) is 2.75. The van der Waals surface area contributed by atoms with Crippen molar-refractivity contribution in [3.63, 3.8) is 0 Å². The van der Waals surface area contributed by atoms with Crippen LogP contribution in [0.5, 0.6) is 0 Å². The Bertz CT molecular complexity index is 2370. The Balaban J connectivity index is 1.63. The van der Waals surface area contributed by atoms with E-state index in [-0.39, 0.29) is 0 Å². The van der Waals surface area contributed by atoms with Gasteiger partial charge in [-0.3, -0.25) is 0 Å². The van der Waals surface area contributed by atoms with Gasteiger partial charge in [-0.25, -0.2) is 0 Å². The van der Waals surface area contributed by atoms with Crippen molar-refractivity contribution in [2.75, 3.05) is 0 Å². The molecule has 0 saturated carbocycles. The van der Waals surface area contributed by atoms with E-state index in [0.717, 1.165) is 0 Å². The first-order valence-corrected chi connectivity index (χ1v) is 14.1. The van der Waals surface area contributed by atoms with Crippen LogP contribution in [0.3, 0.4) is 0 Å². The molecule has 0 unspecified atom stereocenters. The van der Waals surface area contributed by atoms with Gasteiger partial charge in [0.15, 0.2) is 0 Å². The highest BCUT2D eigenvalue weighted by Crippen LogP contribution is 2.50. The second-order valence-corrected chi connectivity index (χ2v) is 11.1. The van der Waals surface area contributed by atoms with Gasteiger partial charge in [-0.2, -0.15) is 0 Å². The van der Waals surface area contributed by atoms with Crippen molar-refractivity contribution in [2.45, 2.75) is 0 Å². The molecule has 6 aromatic carbocycles. The van der Waals surface area contributed by atoms with E-state index < -0.39 is 0 Å². The minimum atomic E-state index is 1.19. The predicted octanol–water partition coefficient (Wildman–Crippen LogP) is 10.2. The van der Waals surface area contributed by atoms with Gasteiger partial charge in [-0.1, -0.05) is 97.1 Å². The number of rotatable bonds is 2. The van der Waals surface area contributed by atoms with E-state index in [4.69, 9.17) is 0 Å². The van der Waals surface area contributed by atoms with Gasteiger partial charge in [0.1, 0.15) is 0 Å². The Labute approximate surface area is 228 Å². The maximum atomic E-state index is 2.48. The van der Waals surface area contributed by atoms with Crippen molar-refractivity contribution >= 4 is 75.1 Å². The molecule has 0 N–H and O–H groups in total. The fourth-order valence-electron chi connectivity index (χ4n) is 6.55. The molecule has 0 atom stereocenters. The Morgan fingerprint density at radius 3 is 1.41 bits per heavy atom. The van der Waals surface area contributed by atoms with Gasteiger partial charge >= 0.3 is 0 Å². The monoisotopic (exact) mass is 514 g/mol. The first-order chi connectivity index (χ1) is 19.4. The molecule has 3 heterocycles. The van der Waals surface area contributed by atoms with Crippen molar-refractivity contribution in [3.05, 3.63) is 133 Å². The van der Waals surface area contributed by atoms with Crippen molar-refractivity contribution < 1.29 is 0 Å². The minimum absolute atomic E-state index is 1.19. The standard InChI is InChI=1S/C36H22N2S/c1-3-13-23(14-4-1)37-29-21-11-9-19-27(29)31-25-17-7-8-18-26(25)32-34-35(39-36(32)33(31)37)28-20-10-12-22-30(28)38(34)24-15-5-2-6-16-24/h1-22H. The highest BCUT2D eigenvalue weighted by molar-refractivity contribution is 7.27. The van der Waals surface area contributed by atoms with Crippen LogP contribution < -0.4 is 0 Å². The normalized spacial score (nSPS) is 12.1. The smallest absolute Gasteiger partial charge is 0.0734 e. The molecule has 9 aromatic rings. The third-order valence-electron chi connectivity index (χ3n) is 8.08. The fourth-order valence-corrected chi connectivity index (χ4v) is 7.93. The first-order valence-electron chi connectivity index (χ1n) is 13.3. The Morgan fingerprint density at radius 1 is 0.359 bits per heavy atom. The molecule has 3 aromatic heterocycles. The second-order valence-electron chi connectivity index (χ2n) is 10.1. The number of para-hydroxylation sites is 4. The molecular weight excluding hydrogens is 492 g/mol. The number of benzene rings is 6. The third-order valence-corrected chi connectivity index (χ3v) is 9.30. The van der Waals surface area contributed by atoms with Crippen LogP contribution in [0.15, 0.2) is 133 Å². The van der Waals surface area contributed by atoms with Crippen molar-refractivity contribution in [2.24, 2.45) is 0 Å².